The number of aromatic nitrogens is 1. The maximum absolute atomic E-state index is 5.70. The summed E-state index contributed by atoms with van der Waals surface area (Å²) in [4.78, 5) is 4.34. The normalized spacial score (nSPS) is 10.6. The van der Waals surface area contributed by atoms with E-state index >= 15 is 0 Å². The first-order valence-corrected chi connectivity index (χ1v) is 5.55. The summed E-state index contributed by atoms with van der Waals surface area (Å²) >= 11 is 0. The van der Waals surface area contributed by atoms with E-state index in [0.717, 1.165) is 16.5 Å². The number of hydrogen-bond acceptors (Lipinski definition) is 2. The molecule has 3 aromatic rings. The number of rotatable bonds is 1. The van der Waals surface area contributed by atoms with E-state index in [4.69, 9.17) is 5.73 Å². The lowest BCUT2D eigenvalue weighted by atomic mass is 10.0. The Labute approximate surface area is 99.7 Å². The molecular weight excluding hydrogens is 208 g/mol. The maximum atomic E-state index is 5.70. The molecule has 0 amide bonds. The molecule has 0 aliphatic rings. The van der Waals surface area contributed by atoms with E-state index in [0.29, 0.717) is 5.82 Å². The van der Waals surface area contributed by atoms with Gasteiger partial charge in [0.2, 0.25) is 0 Å². The zero-order chi connectivity index (χ0) is 11.7. The molecule has 0 aliphatic carbocycles. The van der Waals surface area contributed by atoms with E-state index in [1.54, 1.807) is 0 Å². The van der Waals surface area contributed by atoms with Crippen molar-refractivity contribution in [2.75, 3.05) is 5.73 Å². The number of pyridine rings is 1. The Hall–Kier alpha value is -2.35. The Kier molecular flexibility index (Phi) is 2.26. The lowest BCUT2D eigenvalue weighted by molar-refractivity contribution is 1.41. The van der Waals surface area contributed by atoms with Crippen LogP contribution in [0.1, 0.15) is 0 Å². The van der Waals surface area contributed by atoms with Gasteiger partial charge in [0.15, 0.2) is 0 Å². The van der Waals surface area contributed by atoms with Gasteiger partial charge in [0, 0.05) is 5.39 Å². The first-order valence-electron chi connectivity index (χ1n) is 5.55. The van der Waals surface area contributed by atoms with Crippen molar-refractivity contribution in [2.45, 2.75) is 0 Å². The van der Waals surface area contributed by atoms with E-state index in [9.17, 15) is 0 Å². The molecule has 0 bridgehead atoms. The molecule has 2 aromatic carbocycles. The van der Waals surface area contributed by atoms with E-state index in [2.05, 4.69) is 35.3 Å². The Morgan fingerprint density at radius 3 is 2.35 bits per heavy atom. The third kappa shape index (κ3) is 1.85. The largest absolute Gasteiger partial charge is 0.384 e. The molecule has 0 aliphatic heterocycles. The molecule has 1 heterocycles. The molecule has 0 atom stereocenters. The van der Waals surface area contributed by atoms with E-state index in [1.165, 1.54) is 5.56 Å². The van der Waals surface area contributed by atoms with Crippen LogP contribution in [0.4, 0.5) is 5.82 Å². The van der Waals surface area contributed by atoms with Crippen molar-refractivity contribution in [3.63, 3.8) is 0 Å². The van der Waals surface area contributed by atoms with Crippen molar-refractivity contribution in [3.05, 3.63) is 60.7 Å². The number of fused-ring (bicyclic) bond motifs is 1. The first kappa shape index (κ1) is 9.85. The minimum atomic E-state index is 0.558. The van der Waals surface area contributed by atoms with Gasteiger partial charge >= 0.3 is 0 Å². The van der Waals surface area contributed by atoms with Gasteiger partial charge in [0.25, 0.3) is 0 Å². The van der Waals surface area contributed by atoms with Gasteiger partial charge in [-0.05, 0) is 29.3 Å². The van der Waals surface area contributed by atoms with Crippen molar-refractivity contribution in [2.24, 2.45) is 0 Å². The van der Waals surface area contributed by atoms with Crippen LogP contribution in [0.15, 0.2) is 60.7 Å². The number of nitrogens with zero attached hydrogens (tertiary/aromatic N) is 1. The van der Waals surface area contributed by atoms with E-state index < -0.39 is 0 Å². The molecule has 82 valence electrons. The molecule has 0 unspecified atom stereocenters. The van der Waals surface area contributed by atoms with Crippen molar-refractivity contribution < 1.29 is 0 Å². The van der Waals surface area contributed by atoms with Gasteiger partial charge in [0.05, 0.1) is 5.52 Å². The molecule has 0 saturated heterocycles. The zero-order valence-corrected chi connectivity index (χ0v) is 9.30. The van der Waals surface area contributed by atoms with Crippen LogP contribution >= 0.6 is 0 Å². The van der Waals surface area contributed by atoms with Crippen LogP contribution in [0.3, 0.4) is 0 Å². The van der Waals surface area contributed by atoms with Gasteiger partial charge in [-0.25, -0.2) is 4.98 Å². The summed E-state index contributed by atoms with van der Waals surface area (Å²) in [5.74, 6) is 0.558. The smallest absolute Gasteiger partial charge is 0.124 e. The second-order valence-corrected chi connectivity index (χ2v) is 4.01. The van der Waals surface area contributed by atoms with E-state index in [-0.39, 0.29) is 0 Å². The molecule has 17 heavy (non-hydrogen) atoms. The minimum Gasteiger partial charge on any atom is -0.384 e. The number of hydrogen-bond donors (Lipinski definition) is 1. The molecular formula is C15H12N2. The van der Waals surface area contributed by atoms with Crippen LogP contribution in [0, 0.1) is 0 Å². The van der Waals surface area contributed by atoms with Crippen LogP contribution in [0.5, 0.6) is 0 Å². The quantitative estimate of drug-likeness (QED) is 0.681. The second-order valence-electron chi connectivity index (χ2n) is 4.01. The Morgan fingerprint density at radius 2 is 1.53 bits per heavy atom. The third-order valence-corrected chi connectivity index (χ3v) is 2.82. The lowest BCUT2D eigenvalue weighted by Gasteiger charge is -2.04. The summed E-state index contributed by atoms with van der Waals surface area (Å²) in [7, 11) is 0. The Balaban J connectivity index is 2.19. The summed E-state index contributed by atoms with van der Waals surface area (Å²) in [6.45, 7) is 0. The zero-order valence-electron chi connectivity index (χ0n) is 9.30. The van der Waals surface area contributed by atoms with E-state index in [1.807, 2.05) is 30.3 Å². The molecule has 2 N–H and O–H groups in total. The van der Waals surface area contributed by atoms with Gasteiger partial charge in [-0.2, -0.15) is 0 Å². The molecule has 3 rings (SSSR count). The minimum absolute atomic E-state index is 0.558. The van der Waals surface area contributed by atoms with Gasteiger partial charge in [0.1, 0.15) is 5.82 Å². The highest BCUT2D eigenvalue weighted by Gasteiger charge is 2.00. The molecule has 2 nitrogen and oxygen atoms in total. The Morgan fingerprint density at radius 1 is 0.765 bits per heavy atom. The lowest BCUT2D eigenvalue weighted by Crippen LogP contribution is -1.89. The predicted molar refractivity (Wildman–Crippen MR) is 71.6 cm³/mol. The van der Waals surface area contributed by atoms with Gasteiger partial charge in [-0.1, -0.05) is 42.5 Å². The fourth-order valence-electron chi connectivity index (χ4n) is 1.94. The van der Waals surface area contributed by atoms with Crippen LogP contribution in [0.2, 0.25) is 0 Å². The van der Waals surface area contributed by atoms with Crippen LogP contribution in [0.25, 0.3) is 22.0 Å². The van der Waals surface area contributed by atoms with Crippen LogP contribution in [-0.4, -0.2) is 4.98 Å². The summed E-state index contributed by atoms with van der Waals surface area (Å²) < 4.78 is 0. The molecule has 0 spiro atoms. The molecule has 0 radical (unpaired) electrons. The highest BCUT2D eigenvalue weighted by atomic mass is 14.8. The van der Waals surface area contributed by atoms with Crippen molar-refractivity contribution in [1.82, 2.24) is 4.98 Å². The van der Waals surface area contributed by atoms with Gasteiger partial charge in [-0.15, -0.1) is 0 Å². The van der Waals surface area contributed by atoms with Crippen molar-refractivity contribution in [1.29, 1.82) is 0 Å². The number of anilines is 1. The number of benzene rings is 2. The molecule has 0 saturated carbocycles. The molecule has 2 heteroatoms. The topological polar surface area (TPSA) is 38.9 Å². The number of nitrogen functional groups attached to an aromatic ring is 1. The number of nitrogens with two attached hydrogens (primary N) is 1. The summed E-state index contributed by atoms with van der Waals surface area (Å²) in [5, 5.41) is 1.11. The van der Waals surface area contributed by atoms with Crippen molar-refractivity contribution >= 4 is 16.7 Å². The average molecular weight is 220 g/mol. The Bertz CT molecular complexity index is 660. The summed E-state index contributed by atoms with van der Waals surface area (Å²) in [6.07, 6.45) is 0. The first-order chi connectivity index (χ1) is 8.33. The van der Waals surface area contributed by atoms with Gasteiger partial charge < -0.3 is 5.73 Å². The molecule has 1 aromatic heterocycles. The van der Waals surface area contributed by atoms with Gasteiger partial charge in [-0.3, -0.25) is 0 Å². The molecule has 0 fully saturated rings. The monoisotopic (exact) mass is 220 g/mol. The fraction of sp³-hybridized carbons (Fsp3) is 0. The fourth-order valence-corrected chi connectivity index (χ4v) is 1.94. The summed E-state index contributed by atoms with van der Waals surface area (Å²) in [5.41, 5.74) is 8.99. The standard InChI is InChI=1S/C15H12N2/c16-15-9-8-12-6-7-13(10-14(12)17-15)11-4-2-1-3-5-11/h1-10H,(H2,16,17). The van der Waals surface area contributed by atoms with Crippen LogP contribution < -0.4 is 5.73 Å². The predicted octanol–water partition coefficient (Wildman–Crippen LogP) is 3.48. The van der Waals surface area contributed by atoms with Crippen LogP contribution in [-0.2, 0) is 0 Å². The highest BCUT2D eigenvalue weighted by molar-refractivity contribution is 5.85. The maximum Gasteiger partial charge on any atom is 0.124 e. The highest BCUT2D eigenvalue weighted by Crippen LogP contribution is 2.23. The SMILES string of the molecule is Nc1ccc2ccc(-c3ccccc3)cc2n1. The van der Waals surface area contributed by atoms with Crippen molar-refractivity contribution in [3.8, 4) is 11.1 Å². The third-order valence-electron chi connectivity index (χ3n) is 2.82. The average Bonchev–Trinajstić information content (AvgIpc) is 2.39. The second kappa shape index (κ2) is 3.91. The summed E-state index contributed by atoms with van der Waals surface area (Å²) in [6, 6.07) is 20.3.